The lowest BCUT2D eigenvalue weighted by molar-refractivity contribution is -0.147. The van der Waals surface area contributed by atoms with E-state index in [1.54, 1.807) is 26.0 Å². The monoisotopic (exact) mass is 319 g/mol. The Bertz CT molecular complexity index is 507. The molecule has 0 aromatic heterocycles. The average molecular weight is 320 g/mol. The summed E-state index contributed by atoms with van der Waals surface area (Å²) < 4.78 is 5.45. The number of benzene rings is 1. The number of amides is 1. The van der Waals surface area contributed by atoms with Crippen LogP contribution in [-0.2, 0) is 9.59 Å². The third-order valence-corrected chi connectivity index (χ3v) is 3.31. The lowest BCUT2D eigenvalue weighted by atomic mass is 10.3. The van der Waals surface area contributed by atoms with Crippen molar-refractivity contribution in [3.8, 4) is 5.75 Å². The van der Waals surface area contributed by atoms with E-state index in [1.165, 1.54) is 11.0 Å². The van der Waals surface area contributed by atoms with Crippen molar-refractivity contribution in [3.05, 3.63) is 28.2 Å². The van der Waals surface area contributed by atoms with Gasteiger partial charge in [-0.05, 0) is 26.0 Å². The van der Waals surface area contributed by atoms with Crippen LogP contribution in [0.1, 0.15) is 13.8 Å². The first-order chi connectivity index (χ1) is 9.35. The SMILES string of the molecule is CCN(CC(=O)O)C(=O)C(C)Oc1ccc(Cl)c(Cl)c1. The van der Waals surface area contributed by atoms with Gasteiger partial charge in [0.2, 0.25) is 0 Å². The van der Waals surface area contributed by atoms with Gasteiger partial charge in [0.1, 0.15) is 12.3 Å². The number of carbonyl (C=O) groups is 2. The zero-order chi connectivity index (χ0) is 15.3. The van der Waals surface area contributed by atoms with E-state index in [9.17, 15) is 9.59 Å². The molecule has 0 saturated heterocycles. The normalized spacial score (nSPS) is 11.8. The van der Waals surface area contributed by atoms with Crippen LogP contribution in [0.2, 0.25) is 10.0 Å². The van der Waals surface area contributed by atoms with Gasteiger partial charge >= 0.3 is 5.97 Å². The topological polar surface area (TPSA) is 66.8 Å². The number of rotatable bonds is 6. The maximum atomic E-state index is 12.0. The van der Waals surface area contributed by atoms with Gasteiger partial charge in [0.05, 0.1) is 10.0 Å². The van der Waals surface area contributed by atoms with Crippen molar-refractivity contribution >= 4 is 35.1 Å². The van der Waals surface area contributed by atoms with Crippen LogP contribution in [0.15, 0.2) is 18.2 Å². The highest BCUT2D eigenvalue weighted by atomic mass is 35.5. The minimum atomic E-state index is -1.07. The van der Waals surface area contributed by atoms with Crippen LogP contribution in [0.4, 0.5) is 0 Å². The van der Waals surface area contributed by atoms with Crippen LogP contribution in [-0.4, -0.2) is 41.1 Å². The Morgan fingerprint density at radius 2 is 2.00 bits per heavy atom. The molecule has 1 N–H and O–H groups in total. The number of carbonyl (C=O) groups excluding carboxylic acids is 1. The summed E-state index contributed by atoms with van der Waals surface area (Å²) in [4.78, 5) is 23.9. The molecule has 0 saturated carbocycles. The molecule has 5 nitrogen and oxygen atoms in total. The highest BCUT2D eigenvalue weighted by molar-refractivity contribution is 6.42. The summed E-state index contributed by atoms with van der Waals surface area (Å²) in [7, 11) is 0. The molecule has 7 heteroatoms. The van der Waals surface area contributed by atoms with Crippen molar-refractivity contribution < 1.29 is 19.4 Å². The smallest absolute Gasteiger partial charge is 0.323 e. The first-order valence-corrected chi connectivity index (χ1v) is 6.73. The van der Waals surface area contributed by atoms with Crippen LogP contribution in [0, 0.1) is 0 Å². The minimum absolute atomic E-state index is 0.292. The van der Waals surface area contributed by atoms with E-state index in [2.05, 4.69) is 0 Å². The molecular weight excluding hydrogens is 305 g/mol. The van der Waals surface area contributed by atoms with E-state index in [-0.39, 0.29) is 6.54 Å². The second-order valence-corrected chi connectivity index (χ2v) is 4.90. The molecule has 1 unspecified atom stereocenters. The van der Waals surface area contributed by atoms with E-state index in [4.69, 9.17) is 33.0 Å². The zero-order valence-corrected chi connectivity index (χ0v) is 12.6. The van der Waals surface area contributed by atoms with Crippen molar-refractivity contribution in [2.24, 2.45) is 0 Å². The zero-order valence-electron chi connectivity index (χ0n) is 11.1. The van der Waals surface area contributed by atoms with E-state index in [1.807, 2.05) is 0 Å². The summed E-state index contributed by atoms with van der Waals surface area (Å²) in [6.45, 7) is 3.19. The van der Waals surface area contributed by atoms with Gasteiger partial charge < -0.3 is 14.7 Å². The largest absolute Gasteiger partial charge is 0.481 e. The molecule has 0 bridgehead atoms. The Balaban J connectivity index is 2.73. The number of ether oxygens (including phenoxy) is 1. The quantitative estimate of drug-likeness (QED) is 0.875. The van der Waals surface area contributed by atoms with Crippen LogP contribution in [0.3, 0.4) is 0 Å². The van der Waals surface area contributed by atoms with E-state index < -0.39 is 18.0 Å². The first-order valence-electron chi connectivity index (χ1n) is 5.97. The highest BCUT2D eigenvalue weighted by Gasteiger charge is 2.22. The lowest BCUT2D eigenvalue weighted by Crippen LogP contribution is -2.43. The Labute approximate surface area is 127 Å². The van der Waals surface area contributed by atoms with Crippen LogP contribution < -0.4 is 4.74 Å². The number of hydrogen-bond donors (Lipinski definition) is 1. The summed E-state index contributed by atoms with van der Waals surface area (Å²) in [5.41, 5.74) is 0. The Kier molecular flexibility index (Phi) is 6.10. The molecule has 1 aromatic rings. The van der Waals surface area contributed by atoms with Gasteiger partial charge in [-0.1, -0.05) is 23.2 Å². The predicted molar refractivity (Wildman–Crippen MR) is 76.4 cm³/mol. The van der Waals surface area contributed by atoms with Crippen molar-refractivity contribution in [1.82, 2.24) is 4.90 Å². The second kappa shape index (κ2) is 7.36. The molecule has 0 spiro atoms. The standard InChI is InChI=1S/C13H15Cl2NO4/c1-3-16(7-12(17)18)13(19)8(2)20-9-4-5-10(14)11(15)6-9/h4-6,8H,3,7H2,1-2H3,(H,17,18). The average Bonchev–Trinajstić information content (AvgIpc) is 2.39. The molecular formula is C13H15Cl2NO4. The van der Waals surface area contributed by atoms with Gasteiger partial charge in [-0.3, -0.25) is 9.59 Å². The fourth-order valence-electron chi connectivity index (χ4n) is 1.57. The first kappa shape index (κ1) is 16.6. The molecule has 0 aliphatic heterocycles. The van der Waals surface area contributed by atoms with Crippen molar-refractivity contribution in [3.63, 3.8) is 0 Å². The Hall–Kier alpha value is -1.46. The van der Waals surface area contributed by atoms with Gasteiger partial charge in [-0.2, -0.15) is 0 Å². The van der Waals surface area contributed by atoms with Gasteiger partial charge in [-0.15, -0.1) is 0 Å². The maximum absolute atomic E-state index is 12.0. The third-order valence-electron chi connectivity index (χ3n) is 2.57. The summed E-state index contributed by atoms with van der Waals surface area (Å²) in [6.07, 6.45) is -0.813. The number of carboxylic acids is 1. The highest BCUT2D eigenvalue weighted by Crippen LogP contribution is 2.26. The number of hydrogen-bond acceptors (Lipinski definition) is 3. The fourth-order valence-corrected chi connectivity index (χ4v) is 1.86. The van der Waals surface area contributed by atoms with Crippen LogP contribution in [0.25, 0.3) is 0 Å². The maximum Gasteiger partial charge on any atom is 0.323 e. The van der Waals surface area contributed by atoms with Crippen LogP contribution in [0.5, 0.6) is 5.75 Å². The van der Waals surface area contributed by atoms with Crippen molar-refractivity contribution in [2.75, 3.05) is 13.1 Å². The van der Waals surface area contributed by atoms with Crippen molar-refractivity contribution in [1.29, 1.82) is 0 Å². The van der Waals surface area contributed by atoms with Gasteiger partial charge in [0, 0.05) is 12.6 Å². The summed E-state index contributed by atoms with van der Waals surface area (Å²) >= 11 is 11.6. The van der Waals surface area contributed by atoms with Gasteiger partial charge in [0.15, 0.2) is 6.10 Å². The molecule has 1 rings (SSSR count). The number of halogens is 2. The molecule has 20 heavy (non-hydrogen) atoms. The van der Waals surface area contributed by atoms with E-state index in [0.717, 1.165) is 0 Å². The Morgan fingerprint density at radius 1 is 1.35 bits per heavy atom. The lowest BCUT2D eigenvalue weighted by Gasteiger charge is -2.23. The minimum Gasteiger partial charge on any atom is -0.481 e. The Morgan fingerprint density at radius 3 is 2.50 bits per heavy atom. The molecule has 0 heterocycles. The van der Waals surface area contributed by atoms with E-state index >= 15 is 0 Å². The fraction of sp³-hybridized carbons (Fsp3) is 0.385. The second-order valence-electron chi connectivity index (χ2n) is 4.08. The number of nitrogens with zero attached hydrogens (tertiary/aromatic N) is 1. The van der Waals surface area contributed by atoms with Crippen LogP contribution >= 0.6 is 23.2 Å². The van der Waals surface area contributed by atoms with E-state index in [0.29, 0.717) is 22.3 Å². The molecule has 0 aliphatic carbocycles. The summed E-state index contributed by atoms with van der Waals surface area (Å²) in [5.74, 6) is -1.07. The molecule has 0 radical (unpaired) electrons. The molecule has 1 amide bonds. The molecule has 1 atom stereocenters. The molecule has 110 valence electrons. The summed E-state index contributed by atoms with van der Waals surface area (Å²) in [5, 5.41) is 9.44. The van der Waals surface area contributed by atoms with Crippen molar-refractivity contribution in [2.45, 2.75) is 20.0 Å². The van der Waals surface area contributed by atoms with Gasteiger partial charge in [-0.25, -0.2) is 0 Å². The molecule has 0 fully saturated rings. The number of carboxylic acid groups (broad SMARTS) is 1. The third kappa shape index (κ3) is 4.58. The molecule has 0 aliphatic rings. The summed E-state index contributed by atoms with van der Waals surface area (Å²) in [6, 6.07) is 4.65. The predicted octanol–water partition coefficient (Wildman–Crippen LogP) is 2.69. The molecule has 1 aromatic carbocycles. The number of likely N-dealkylation sites (N-methyl/N-ethyl adjacent to an activating group) is 1. The van der Waals surface area contributed by atoms with Gasteiger partial charge in [0.25, 0.3) is 5.91 Å². The number of aliphatic carboxylic acids is 1.